The van der Waals surface area contributed by atoms with Crippen LogP contribution in [0, 0.1) is 6.92 Å². The van der Waals surface area contributed by atoms with Gasteiger partial charge < -0.3 is 10.1 Å². The fourth-order valence-electron chi connectivity index (χ4n) is 2.71. The van der Waals surface area contributed by atoms with Crippen LogP contribution in [0.25, 0.3) is 17.0 Å². The van der Waals surface area contributed by atoms with Crippen molar-refractivity contribution in [2.24, 2.45) is 0 Å². The standard InChI is InChI=1S/C22H19ClN4O2/c1-4-20(29-5-2)15-6-7-18(23)17(10-15)19-12-26-21(13-25-19)27-22(28)16-8-9-24-11-14(16)3/h4-13H,2H2,1,3H3,(H,26,27,28)/b20-4-. The fraction of sp³-hybridized carbons (Fsp3) is 0.0909. The molecule has 1 N–H and O–H groups in total. The number of benzene rings is 1. The third-order valence-corrected chi connectivity index (χ3v) is 4.49. The van der Waals surface area contributed by atoms with Crippen LogP contribution in [0.3, 0.4) is 0 Å². The lowest BCUT2D eigenvalue weighted by atomic mass is 10.1. The van der Waals surface area contributed by atoms with E-state index in [1.54, 1.807) is 30.7 Å². The van der Waals surface area contributed by atoms with E-state index in [1.807, 2.05) is 32.1 Å². The first-order valence-corrected chi connectivity index (χ1v) is 9.19. The molecular formula is C22H19ClN4O2. The first-order valence-electron chi connectivity index (χ1n) is 8.81. The monoisotopic (exact) mass is 406 g/mol. The summed E-state index contributed by atoms with van der Waals surface area (Å²) in [5, 5.41) is 3.26. The van der Waals surface area contributed by atoms with Crippen molar-refractivity contribution in [2.45, 2.75) is 13.8 Å². The molecule has 3 aromatic rings. The molecule has 6 nitrogen and oxygen atoms in total. The van der Waals surface area contributed by atoms with Crippen molar-refractivity contribution in [3.05, 3.63) is 89.7 Å². The third-order valence-electron chi connectivity index (χ3n) is 4.16. The zero-order chi connectivity index (χ0) is 20.8. The van der Waals surface area contributed by atoms with Gasteiger partial charge in [-0.15, -0.1) is 0 Å². The fourth-order valence-corrected chi connectivity index (χ4v) is 2.93. The van der Waals surface area contributed by atoms with Crippen LogP contribution in [-0.4, -0.2) is 20.9 Å². The largest absolute Gasteiger partial charge is 0.465 e. The van der Waals surface area contributed by atoms with Crippen LogP contribution in [-0.2, 0) is 4.74 Å². The van der Waals surface area contributed by atoms with Gasteiger partial charge in [-0.3, -0.25) is 14.8 Å². The molecule has 0 atom stereocenters. The number of carbonyl (C=O) groups excluding carboxylic acids is 1. The quantitative estimate of drug-likeness (QED) is 0.564. The predicted molar refractivity (Wildman–Crippen MR) is 114 cm³/mol. The Morgan fingerprint density at radius 3 is 2.69 bits per heavy atom. The maximum atomic E-state index is 12.4. The number of hydrogen-bond donors (Lipinski definition) is 1. The van der Waals surface area contributed by atoms with E-state index in [9.17, 15) is 4.79 Å². The third kappa shape index (κ3) is 4.67. The summed E-state index contributed by atoms with van der Waals surface area (Å²) in [5.74, 6) is 0.722. The lowest BCUT2D eigenvalue weighted by Crippen LogP contribution is -2.14. The summed E-state index contributed by atoms with van der Waals surface area (Å²) in [7, 11) is 0. The second kappa shape index (κ2) is 9.12. The number of aromatic nitrogens is 3. The molecule has 1 aromatic carbocycles. The topological polar surface area (TPSA) is 77.0 Å². The summed E-state index contributed by atoms with van der Waals surface area (Å²) in [6.07, 6.45) is 9.45. The minimum Gasteiger partial charge on any atom is -0.465 e. The molecule has 29 heavy (non-hydrogen) atoms. The molecule has 0 saturated carbocycles. The summed E-state index contributed by atoms with van der Waals surface area (Å²) >= 11 is 6.35. The van der Waals surface area contributed by atoms with Crippen molar-refractivity contribution in [3.8, 4) is 11.3 Å². The van der Waals surface area contributed by atoms with Crippen LogP contribution in [0.4, 0.5) is 5.82 Å². The Morgan fingerprint density at radius 1 is 1.21 bits per heavy atom. The smallest absolute Gasteiger partial charge is 0.257 e. The van der Waals surface area contributed by atoms with Crippen molar-refractivity contribution in [2.75, 3.05) is 5.32 Å². The number of rotatable bonds is 6. The van der Waals surface area contributed by atoms with Crippen LogP contribution >= 0.6 is 11.6 Å². The molecule has 2 aromatic heterocycles. The molecule has 7 heteroatoms. The normalized spacial score (nSPS) is 11.1. The number of nitrogens with zero attached hydrogens (tertiary/aromatic N) is 3. The maximum absolute atomic E-state index is 12.4. The van der Waals surface area contributed by atoms with E-state index in [-0.39, 0.29) is 5.91 Å². The number of allylic oxidation sites excluding steroid dienone is 1. The number of pyridine rings is 1. The maximum Gasteiger partial charge on any atom is 0.257 e. The van der Waals surface area contributed by atoms with Crippen LogP contribution in [0.5, 0.6) is 0 Å². The Hall–Kier alpha value is -3.51. The van der Waals surface area contributed by atoms with Gasteiger partial charge in [-0.1, -0.05) is 18.2 Å². The zero-order valence-corrected chi connectivity index (χ0v) is 16.8. The second-order valence-electron chi connectivity index (χ2n) is 6.06. The van der Waals surface area contributed by atoms with Crippen molar-refractivity contribution in [1.82, 2.24) is 15.0 Å². The number of halogens is 1. The second-order valence-corrected chi connectivity index (χ2v) is 6.47. The van der Waals surface area contributed by atoms with E-state index in [0.29, 0.717) is 33.4 Å². The molecule has 0 aliphatic heterocycles. The number of carbonyl (C=O) groups is 1. The van der Waals surface area contributed by atoms with Gasteiger partial charge in [0.1, 0.15) is 5.76 Å². The van der Waals surface area contributed by atoms with Crippen LogP contribution in [0.2, 0.25) is 5.02 Å². The molecule has 1 amide bonds. The van der Waals surface area contributed by atoms with E-state index in [2.05, 4.69) is 26.8 Å². The lowest BCUT2D eigenvalue weighted by Gasteiger charge is -2.10. The van der Waals surface area contributed by atoms with E-state index in [4.69, 9.17) is 16.3 Å². The van der Waals surface area contributed by atoms with Crippen LogP contribution < -0.4 is 5.32 Å². The molecule has 3 rings (SSSR count). The van der Waals surface area contributed by atoms with Gasteiger partial charge in [-0.05, 0) is 49.8 Å². The van der Waals surface area contributed by atoms with Gasteiger partial charge in [-0.2, -0.15) is 0 Å². The number of nitrogens with one attached hydrogen (secondary N) is 1. The Bertz CT molecular complexity index is 1080. The van der Waals surface area contributed by atoms with Crippen molar-refractivity contribution < 1.29 is 9.53 Å². The Balaban J connectivity index is 1.84. The highest BCUT2D eigenvalue weighted by Crippen LogP contribution is 2.30. The molecule has 2 heterocycles. The van der Waals surface area contributed by atoms with Gasteiger partial charge in [0.05, 0.1) is 29.4 Å². The van der Waals surface area contributed by atoms with Crippen molar-refractivity contribution in [3.63, 3.8) is 0 Å². The van der Waals surface area contributed by atoms with E-state index in [0.717, 1.165) is 11.1 Å². The molecule has 0 unspecified atom stereocenters. The van der Waals surface area contributed by atoms with E-state index in [1.165, 1.54) is 12.5 Å². The van der Waals surface area contributed by atoms with E-state index >= 15 is 0 Å². The number of aryl methyl sites for hydroxylation is 1. The number of anilines is 1. The highest BCUT2D eigenvalue weighted by molar-refractivity contribution is 6.33. The van der Waals surface area contributed by atoms with Gasteiger partial charge in [0.25, 0.3) is 5.91 Å². The average molecular weight is 407 g/mol. The predicted octanol–water partition coefficient (Wildman–Crippen LogP) is 5.27. The van der Waals surface area contributed by atoms with Gasteiger partial charge in [0, 0.05) is 29.1 Å². The molecule has 0 bridgehead atoms. The molecule has 0 saturated heterocycles. The number of hydrogen-bond acceptors (Lipinski definition) is 5. The zero-order valence-electron chi connectivity index (χ0n) is 16.0. The summed E-state index contributed by atoms with van der Waals surface area (Å²) in [5.41, 5.74) is 3.41. The Kier molecular flexibility index (Phi) is 6.36. The van der Waals surface area contributed by atoms with Crippen molar-refractivity contribution in [1.29, 1.82) is 0 Å². The molecule has 0 spiro atoms. The molecular weight excluding hydrogens is 388 g/mol. The summed E-state index contributed by atoms with van der Waals surface area (Å²) < 4.78 is 5.42. The lowest BCUT2D eigenvalue weighted by molar-refractivity contribution is 0.102. The minimum atomic E-state index is -0.272. The summed E-state index contributed by atoms with van der Waals surface area (Å²) in [6.45, 7) is 7.27. The highest BCUT2D eigenvalue weighted by Gasteiger charge is 2.12. The van der Waals surface area contributed by atoms with Gasteiger partial charge >= 0.3 is 0 Å². The minimum absolute atomic E-state index is 0.272. The number of amides is 1. The van der Waals surface area contributed by atoms with Gasteiger partial charge in [-0.25, -0.2) is 4.98 Å². The van der Waals surface area contributed by atoms with Crippen LogP contribution in [0.1, 0.15) is 28.4 Å². The number of ether oxygens (including phenoxy) is 1. The van der Waals surface area contributed by atoms with Crippen LogP contribution in [0.15, 0.2) is 68.0 Å². The van der Waals surface area contributed by atoms with Gasteiger partial charge in [0.2, 0.25) is 0 Å². The first kappa shape index (κ1) is 20.2. The van der Waals surface area contributed by atoms with E-state index < -0.39 is 0 Å². The summed E-state index contributed by atoms with van der Waals surface area (Å²) in [6, 6.07) is 7.14. The first-order chi connectivity index (χ1) is 14.0. The molecule has 0 fully saturated rings. The summed E-state index contributed by atoms with van der Waals surface area (Å²) in [4.78, 5) is 25.1. The Morgan fingerprint density at radius 2 is 2.03 bits per heavy atom. The highest BCUT2D eigenvalue weighted by atomic mass is 35.5. The molecule has 0 aliphatic carbocycles. The van der Waals surface area contributed by atoms with Gasteiger partial charge in [0.15, 0.2) is 5.82 Å². The SMILES string of the molecule is C=CO/C(=C\C)c1ccc(Cl)c(-c2cnc(NC(=O)c3ccncc3C)cn2)c1. The molecule has 146 valence electrons. The molecule has 0 aliphatic rings. The average Bonchev–Trinajstić information content (AvgIpc) is 2.73. The Labute approximate surface area is 174 Å². The molecule has 0 radical (unpaired) electrons. The van der Waals surface area contributed by atoms with Crippen molar-refractivity contribution >= 4 is 29.1 Å².